The fourth-order valence-corrected chi connectivity index (χ4v) is 2.63. The number of hydrogen-bond donors (Lipinski definition) is 0. The minimum absolute atomic E-state index is 0.770. The molecule has 0 heterocycles. The third kappa shape index (κ3) is 3.24. The van der Waals surface area contributed by atoms with Crippen LogP contribution in [0.1, 0.15) is 37.7 Å². The molecule has 0 amide bonds. The monoisotopic (exact) mass is 282 g/mol. The van der Waals surface area contributed by atoms with Crippen molar-refractivity contribution >= 4 is 15.9 Å². The zero-order chi connectivity index (χ0) is 11.4. The Bertz CT molecular complexity index is 343. The van der Waals surface area contributed by atoms with Crippen LogP contribution in [0, 0.1) is 12.8 Å². The van der Waals surface area contributed by atoms with Crippen molar-refractivity contribution in [3.05, 3.63) is 28.2 Å². The van der Waals surface area contributed by atoms with Crippen LogP contribution in [-0.2, 0) is 0 Å². The maximum Gasteiger partial charge on any atom is 0.123 e. The van der Waals surface area contributed by atoms with Gasteiger partial charge in [0.2, 0.25) is 0 Å². The van der Waals surface area contributed by atoms with Crippen molar-refractivity contribution in [1.82, 2.24) is 0 Å². The van der Waals surface area contributed by atoms with E-state index in [0.717, 1.165) is 22.7 Å². The molecule has 1 aromatic carbocycles. The van der Waals surface area contributed by atoms with Crippen LogP contribution in [0.5, 0.6) is 5.75 Å². The molecule has 0 saturated heterocycles. The molecule has 1 aliphatic rings. The molecule has 0 aliphatic heterocycles. The van der Waals surface area contributed by atoms with Crippen LogP contribution in [-0.4, -0.2) is 6.61 Å². The van der Waals surface area contributed by atoms with Gasteiger partial charge in [0.25, 0.3) is 0 Å². The number of ether oxygens (including phenoxy) is 1. The minimum Gasteiger partial charge on any atom is -0.493 e. The Morgan fingerprint density at radius 2 is 2.00 bits per heavy atom. The maximum absolute atomic E-state index is 5.93. The second kappa shape index (κ2) is 5.72. The SMILES string of the molecule is Cc1ccc(Br)cc1OCC1CCCCC1. The second-order valence-electron chi connectivity index (χ2n) is 4.72. The summed E-state index contributed by atoms with van der Waals surface area (Å²) in [6.07, 6.45) is 6.85. The predicted molar refractivity (Wildman–Crippen MR) is 70.9 cm³/mol. The van der Waals surface area contributed by atoms with E-state index in [4.69, 9.17) is 4.74 Å². The Balaban J connectivity index is 1.90. The van der Waals surface area contributed by atoms with E-state index >= 15 is 0 Å². The molecule has 88 valence electrons. The summed E-state index contributed by atoms with van der Waals surface area (Å²) in [6, 6.07) is 6.22. The number of benzene rings is 1. The van der Waals surface area contributed by atoms with Gasteiger partial charge in [-0.25, -0.2) is 0 Å². The Labute approximate surface area is 106 Å². The summed E-state index contributed by atoms with van der Waals surface area (Å²) in [5, 5.41) is 0. The summed E-state index contributed by atoms with van der Waals surface area (Å²) in [4.78, 5) is 0. The average molecular weight is 283 g/mol. The summed E-state index contributed by atoms with van der Waals surface area (Å²) in [6.45, 7) is 2.99. The number of aryl methyl sites for hydroxylation is 1. The summed E-state index contributed by atoms with van der Waals surface area (Å²) < 4.78 is 7.02. The van der Waals surface area contributed by atoms with E-state index in [1.807, 2.05) is 0 Å². The summed E-state index contributed by atoms with van der Waals surface area (Å²) in [5.74, 6) is 1.80. The van der Waals surface area contributed by atoms with E-state index in [0.29, 0.717) is 0 Å². The van der Waals surface area contributed by atoms with Gasteiger partial charge < -0.3 is 4.74 Å². The molecule has 1 nitrogen and oxygen atoms in total. The smallest absolute Gasteiger partial charge is 0.123 e. The van der Waals surface area contributed by atoms with Gasteiger partial charge in [0, 0.05) is 4.47 Å². The Morgan fingerprint density at radius 1 is 1.25 bits per heavy atom. The average Bonchev–Trinajstić information content (AvgIpc) is 2.32. The lowest BCUT2D eigenvalue weighted by Crippen LogP contribution is -2.15. The Kier molecular flexibility index (Phi) is 4.28. The first-order valence-electron chi connectivity index (χ1n) is 6.14. The molecule has 0 unspecified atom stereocenters. The Morgan fingerprint density at radius 3 is 2.75 bits per heavy atom. The topological polar surface area (TPSA) is 9.23 Å². The normalized spacial score (nSPS) is 17.4. The highest BCUT2D eigenvalue weighted by molar-refractivity contribution is 9.10. The van der Waals surface area contributed by atoms with Gasteiger partial charge in [-0.05, 0) is 43.4 Å². The first-order chi connectivity index (χ1) is 7.75. The van der Waals surface area contributed by atoms with Gasteiger partial charge in [-0.15, -0.1) is 0 Å². The number of hydrogen-bond acceptors (Lipinski definition) is 1. The molecule has 2 heteroatoms. The molecule has 0 bridgehead atoms. The molecule has 1 saturated carbocycles. The van der Waals surface area contributed by atoms with Crippen molar-refractivity contribution in [3.8, 4) is 5.75 Å². The minimum atomic E-state index is 0.770. The van der Waals surface area contributed by atoms with Crippen LogP contribution in [0.4, 0.5) is 0 Å². The molecule has 1 fully saturated rings. The fraction of sp³-hybridized carbons (Fsp3) is 0.571. The van der Waals surface area contributed by atoms with Gasteiger partial charge in [-0.1, -0.05) is 41.3 Å². The molecule has 16 heavy (non-hydrogen) atoms. The molecule has 0 N–H and O–H groups in total. The van der Waals surface area contributed by atoms with Gasteiger partial charge in [-0.3, -0.25) is 0 Å². The standard InChI is InChI=1S/C14H19BrO/c1-11-7-8-13(15)9-14(11)16-10-12-5-3-2-4-6-12/h7-9,12H,2-6,10H2,1H3. The van der Waals surface area contributed by atoms with Gasteiger partial charge >= 0.3 is 0 Å². The van der Waals surface area contributed by atoms with Crippen molar-refractivity contribution in [2.45, 2.75) is 39.0 Å². The highest BCUT2D eigenvalue weighted by atomic mass is 79.9. The molecule has 2 rings (SSSR count). The summed E-state index contributed by atoms with van der Waals surface area (Å²) >= 11 is 3.48. The predicted octanol–water partition coefficient (Wildman–Crippen LogP) is 4.72. The van der Waals surface area contributed by atoms with Crippen molar-refractivity contribution in [2.75, 3.05) is 6.61 Å². The Hall–Kier alpha value is -0.500. The zero-order valence-electron chi connectivity index (χ0n) is 9.84. The highest BCUT2D eigenvalue weighted by Gasteiger charge is 2.14. The van der Waals surface area contributed by atoms with E-state index in [-0.39, 0.29) is 0 Å². The lowest BCUT2D eigenvalue weighted by molar-refractivity contribution is 0.208. The van der Waals surface area contributed by atoms with E-state index < -0.39 is 0 Å². The van der Waals surface area contributed by atoms with Gasteiger partial charge in [0.15, 0.2) is 0 Å². The van der Waals surface area contributed by atoms with Crippen molar-refractivity contribution < 1.29 is 4.74 Å². The lowest BCUT2D eigenvalue weighted by atomic mass is 9.90. The highest BCUT2D eigenvalue weighted by Crippen LogP contribution is 2.27. The third-order valence-electron chi connectivity index (χ3n) is 3.35. The molecule has 1 aromatic rings. The van der Waals surface area contributed by atoms with Crippen LogP contribution in [0.2, 0.25) is 0 Å². The number of halogens is 1. The van der Waals surface area contributed by atoms with Crippen molar-refractivity contribution in [2.24, 2.45) is 5.92 Å². The van der Waals surface area contributed by atoms with E-state index in [1.165, 1.54) is 37.7 Å². The molecule has 0 spiro atoms. The summed E-state index contributed by atoms with van der Waals surface area (Å²) in [7, 11) is 0. The third-order valence-corrected chi connectivity index (χ3v) is 3.84. The fourth-order valence-electron chi connectivity index (χ4n) is 2.29. The largest absolute Gasteiger partial charge is 0.493 e. The quantitative estimate of drug-likeness (QED) is 0.780. The van der Waals surface area contributed by atoms with Crippen LogP contribution >= 0.6 is 15.9 Å². The molecule has 0 radical (unpaired) electrons. The summed E-state index contributed by atoms with van der Waals surface area (Å²) in [5.41, 5.74) is 1.22. The second-order valence-corrected chi connectivity index (χ2v) is 5.64. The van der Waals surface area contributed by atoms with Crippen LogP contribution < -0.4 is 4.74 Å². The first-order valence-corrected chi connectivity index (χ1v) is 6.94. The molecule has 0 aromatic heterocycles. The van der Waals surface area contributed by atoms with E-state index in [1.54, 1.807) is 0 Å². The lowest BCUT2D eigenvalue weighted by Gasteiger charge is -2.22. The van der Waals surface area contributed by atoms with Gasteiger partial charge in [-0.2, -0.15) is 0 Å². The molecule has 0 atom stereocenters. The molecular weight excluding hydrogens is 264 g/mol. The molecule has 1 aliphatic carbocycles. The van der Waals surface area contributed by atoms with Gasteiger partial charge in [0.05, 0.1) is 6.61 Å². The van der Waals surface area contributed by atoms with Crippen LogP contribution in [0.15, 0.2) is 22.7 Å². The molecular formula is C14H19BrO. The van der Waals surface area contributed by atoms with Crippen molar-refractivity contribution in [3.63, 3.8) is 0 Å². The van der Waals surface area contributed by atoms with Crippen LogP contribution in [0.25, 0.3) is 0 Å². The zero-order valence-corrected chi connectivity index (χ0v) is 11.4. The first kappa shape index (κ1) is 12.0. The van der Waals surface area contributed by atoms with Crippen molar-refractivity contribution in [1.29, 1.82) is 0 Å². The van der Waals surface area contributed by atoms with E-state index in [9.17, 15) is 0 Å². The van der Waals surface area contributed by atoms with E-state index in [2.05, 4.69) is 41.1 Å². The van der Waals surface area contributed by atoms with Crippen LogP contribution in [0.3, 0.4) is 0 Å². The maximum atomic E-state index is 5.93. The number of rotatable bonds is 3. The van der Waals surface area contributed by atoms with Gasteiger partial charge in [0.1, 0.15) is 5.75 Å².